The molecule has 7 heteroatoms. The molecular formula is C16H18ClN5O. The Bertz CT molecular complexity index is 738. The SMILES string of the molecule is Cl.N#Cc1c(N2CCCNC2)cc(-c2ccccc2O)nc1N. The number of nitrogens with one attached hydrogen (secondary N) is 1. The topological polar surface area (TPSA) is 98.2 Å². The van der Waals surface area contributed by atoms with Crippen LogP contribution >= 0.6 is 12.4 Å². The predicted octanol–water partition coefficient (Wildman–Crippen LogP) is 2.09. The molecule has 1 aromatic heterocycles. The van der Waals surface area contributed by atoms with Gasteiger partial charge in [0, 0.05) is 12.1 Å². The lowest BCUT2D eigenvalue weighted by molar-refractivity contribution is 0.477. The maximum Gasteiger partial charge on any atom is 0.144 e. The fraction of sp³-hybridized carbons (Fsp3) is 0.250. The van der Waals surface area contributed by atoms with E-state index in [1.165, 1.54) is 0 Å². The fourth-order valence-corrected chi connectivity index (χ4v) is 2.64. The van der Waals surface area contributed by atoms with Crippen molar-refractivity contribution in [2.45, 2.75) is 6.42 Å². The summed E-state index contributed by atoms with van der Waals surface area (Å²) in [6.07, 6.45) is 0.999. The van der Waals surface area contributed by atoms with Crippen molar-refractivity contribution in [2.24, 2.45) is 0 Å². The Morgan fingerprint density at radius 1 is 1.35 bits per heavy atom. The smallest absolute Gasteiger partial charge is 0.144 e. The molecule has 0 spiro atoms. The summed E-state index contributed by atoms with van der Waals surface area (Å²) in [5.41, 5.74) is 8.26. The Hall–Kier alpha value is -2.49. The van der Waals surface area contributed by atoms with E-state index in [9.17, 15) is 10.4 Å². The summed E-state index contributed by atoms with van der Waals surface area (Å²) in [6.45, 7) is 2.48. The Kier molecular flexibility index (Phi) is 5.27. The monoisotopic (exact) mass is 331 g/mol. The highest BCUT2D eigenvalue weighted by Crippen LogP contribution is 2.33. The van der Waals surface area contributed by atoms with Crippen LogP contribution in [0.15, 0.2) is 30.3 Å². The Morgan fingerprint density at radius 3 is 2.78 bits per heavy atom. The molecule has 1 fully saturated rings. The number of nitriles is 1. The molecule has 1 aliphatic rings. The van der Waals surface area contributed by atoms with Crippen molar-refractivity contribution in [1.82, 2.24) is 10.3 Å². The molecule has 0 bridgehead atoms. The molecular weight excluding hydrogens is 314 g/mol. The highest BCUT2D eigenvalue weighted by molar-refractivity contribution is 5.85. The van der Waals surface area contributed by atoms with Gasteiger partial charge in [-0.2, -0.15) is 5.26 Å². The van der Waals surface area contributed by atoms with E-state index < -0.39 is 0 Å². The van der Waals surface area contributed by atoms with Crippen LogP contribution < -0.4 is 16.0 Å². The Labute approximate surface area is 141 Å². The van der Waals surface area contributed by atoms with E-state index in [4.69, 9.17) is 5.73 Å². The van der Waals surface area contributed by atoms with Gasteiger partial charge in [0.1, 0.15) is 23.2 Å². The molecule has 0 amide bonds. The molecule has 1 aliphatic heterocycles. The van der Waals surface area contributed by atoms with Gasteiger partial charge in [0.2, 0.25) is 0 Å². The second-order valence-electron chi connectivity index (χ2n) is 5.19. The van der Waals surface area contributed by atoms with Crippen LogP contribution in [0.1, 0.15) is 12.0 Å². The van der Waals surface area contributed by atoms with Gasteiger partial charge in [-0.05, 0) is 31.2 Å². The molecule has 4 N–H and O–H groups in total. The Morgan fingerprint density at radius 2 is 2.13 bits per heavy atom. The number of hydrogen-bond acceptors (Lipinski definition) is 6. The first-order chi connectivity index (χ1) is 10.7. The number of phenols is 1. The second kappa shape index (κ2) is 7.18. The molecule has 120 valence electrons. The van der Waals surface area contributed by atoms with E-state index in [-0.39, 0.29) is 24.0 Å². The molecule has 2 heterocycles. The summed E-state index contributed by atoms with van der Waals surface area (Å²) < 4.78 is 0. The number of aromatic nitrogens is 1. The third kappa shape index (κ3) is 3.31. The van der Waals surface area contributed by atoms with Gasteiger partial charge in [-0.1, -0.05) is 12.1 Å². The zero-order valence-electron chi connectivity index (χ0n) is 12.5. The molecule has 2 aromatic rings. The molecule has 0 aliphatic carbocycles. The lowest BCUT2D eigenvalue weighted by Crippen LogP contribution is -2.42. The average Bonchev–Trinajstić information content (AvgIpc) is 2.55. The number of anilines is 2. The summed E-state index contributed by atoms with van der Waals surface area (Å²) in [4.78, 5) is 6.35. The van der Waals surface area contributed by atoms with Gasteiger partial charge < -0.3 is 15.7 Å². The number of nitrogens with two attached hydrogens (primary N) is 1. The summed E-state index contributed by atoms with van der Waals surface area (Å²) >= 11 is 0. The van der Waals surface area contributed by atoms with Crippen molar-refractivity contribution in [3.05, 3.63) is 35.9 Å². The number of nitrogens with zero attached hydrogens (tertiary/aromatic N) is 3. The number of rotatable bonds is 2. The van der Waals surface area contributed by atoms with Crippen LogP contribution in [0.5, 0.6) is 5.75 Å². The van der Waals surface area contributed by atoms with E-state index >= 15 is 0 Å². The predicted molar refractivity (Wildman–Crippen MR) is 92.5 cm³/mol. The first kappa shape index (κ1) is 16.9. The molecule has 3 rings (SSSR count). The van der Waals surface area contributed by atoms with Gasteiger partial charge in [0.15, 0.2) is 0 Å². The third-order valence-electron chi connectivity index (χ3n) is 3.74. The molecule has 23 heavy (non-hydrogen) atoms. The van der Waals surface area contributed by atoms with Gasteiger partial charge in [-0.15, -0.1) is 12.4 Å². The number of pyridine rings is 1. The minimum Gasteiger partial charge on any atom is -0.507 e. The molecule has 1 aromatic carbocycles. The minimum absolute atomic E-state index is 0. The number of hydrogen-bond donors (Lipinski definition) is 3. The van der Waals surface area contributed by atoms with E-state index in [2.05, 4.69) is 21.3 Å². The van der Waals surface area contributed by atoms with Gasteiger partial charge >= 0.3 is 0 Å². The summed E-state index contributed by atoms with van der Waals surface area (Å²) in [5.74, 6) is 0.325. The maximum atomic E-state index is 10.0. The molecule has 1 saturated heterocycles. The quantitative estimate of drug-likeness (QED) is 0.779. The Balaban J connectivity index is 0.00000192. The van der Waals surface area contributed by atoms with Crippen LogP contribution in [-0.2, 0) is 0 Å². The van der Waals surface area contributed by atoms with Crippen molar-refractivity contribution in [2.75, 3.05) is 30.4 Å². The van der Waals surface area contributed by atoms with Crippen molar-refractivity contribution in [3.63, 3.8) is 0 Å². The molecule has 0 atom stereocenters. The largest absolute Gasteiger partial charge is 0.507 e. The van der Waals surface area contributed by atoms with Gasteiger partial charge in [0.25, 0.3) is 0 Å². The van der Waals surface area contributed by atoms with E-state index in [0.717, 1.165) is 25.2 Å². The van der Waals surface area contributed by atoms with E-state index in [0.29, 0.717) is 23.5 Å². The van der Waals surface area contributed by atoms with E-state index in [1.807, 2.05) is 12.1 Å². The molecule has 6 nitrogen and oxygen atoms in total. The van der Waals surface area contributed by atoms with Crippen molar-refractivity contribution >= 4 is 23.9 Å². The highest BCUT2D eigenvalue weighted by atomic mass is 35.5. The van der Waals surface area contributed by atoms with Gasteiger partial charge in [-0.3, -0.25) is 5.32 Å². The fourth-order valence-electron chi connectivity index (χ4n) is 2.64. The normalized spacial score (nSPS) is 14.0. The number of para-hydroxylation sites is 1. The summed E-state index contributed by atoms with van der Waals surface area (Å²) in [7, 11) is 0. The number of phenolic OH excluding ortho intramolecular Hbond substituents is 1. The van der Waals surface area contributed by atoms with Crippen LogP contribution in [-0.4, -0.2) is 29.8 Å². The zero-order valence-corrected chi connectivity index (χ0v) is 13.3. The maximum absolute atomic E-state index is 10.0. The standard InChI is InChI=1S/C16H17N5O.ClH/c17-9-12-14(21-7-3-6-19-10-21)8-13(20-16(12)18)11-4-1-2-5-15(11)22;/h1-2,4-5,8,19,22H,3,6-7,10H2,(H2,18,20);1H. The lowest BCUT2D eigenvalue weighted by atomic mass is 10.1. The number of benzene rings is 1. The van der Waals surface area contributed by atoms with Crippen LogP contribution in [0.3, 0.4) is 0 Å². The van der Waals surface area contributed by atoms with Crippen LogP contribution in [0.4, 0.5) is 11.5 Å². The minimum atomic E-state index is 0. The number of halogens is 1. The highest BCUT2D eigenvalue weighted by Gasteiger charge is 2.19. The number of nitrogen functional groups attached to an aromatic ring is 1. The van der Waals surface area contributed by atoms with E-state index in [1.54, 1.807) is 18.2 Å². The van der Waals surface area contributed by atoms with Gasteiger partial charge in [0.05, 0.1) is 18.1 Å². The molecule has 0 saturated carbocycles. The van der Waals surface area contributed by atoms with Crippen LogP contribution in [0.25, 0.3) is 11.3 Å². The zero-order chi connectivity index (χ0) is 15.5. The summed E-state index contributed by atoms with van der Waals surface area (Å²) in [5, 5.41) is 22.7. The first-order valence-corrected chi connectivity index (χ1v) is 7.15. The van der Waals surface area contributed by atoms with Crippen molar-refractivity contribution < 1.29 is 5.11 Å². The van der Waals surface area contributed by atoms with Crippen LogP contribution in [0.2, 0.25) is 0 Å². The molecule has 0 unspecified atom stereocenters. The van der Waals surface area contributed by atoms with Crippen molar-refractivity contribution in [1.29, 1.82) is 5.26 Å². The number of aromatic hydroxyl groups is 1. The van der Waals surface area contributed by atoms with Crippen LogP contribution in [0, 0.1) is 11.3 Å². The second-order valence-corrected chi connectivity index (χ2v) is 5.19. The average molecular weight is 332 g/mol. The lowest BCUT2D eigenvalue weighted by Gasteiger charge is -2.30. The molecule has 0 radical (unpaired) electrons. The van der Waals surface area contributed by atoms with Gasteiger partial charge in [-0.25, -0.2) is 4.98 Å². The summed E-state index contributed by atoms with van der Waals surface area (Å²) in [6, 6.07) is 10.9. The third-order valence-corrected chi connectivity index (χ3v) is 3.74. The first-order valence-electron chi connectivity index (χ1n) is 7.15. The van der Waals surface area contributed by atoms with Crippen molar-refractivity contribution in [3.8, 4) is 23.1 Å².